The highest BCUT2D eigenvalue weighted by atomic mass is 32.2. The second-order valence-corrected chi connectivity index (χ2v) is 10.3. The number of hydrogen-bond acceptors (Lipinski definition) is 4. The highest BCUT2D eigenvalue weighted by Gasteiger charge is 2.31. The maximum atomic E-state index is 14.0. The summed E-state index contributed by atoms with van der Waals surface area (Å²) in [7, 11) is -1.10. The topological polar surface area (TPSA) is 55.7 Å². The first-order valence-electron chi connectivity index (χ1n) is 10.0. The van der Waals surface area contributed by atoms with Crippen molar-refractivity contribution in [3.05, 3.63) is 53.5 Å². The molecule has 1 heterocycles. The second kappa shape index (κ2) is 10.1. The molecule has 0 aromatic heterocycles. The molecule has 2 rings (SSSR count). The van der Waals surface area contributed by atoms with Gasteiger partial charge in [0.05, 0.1) is 14.6 Å². The van der Waals surface area contributed by atoms with E-state index in [0.717, 1.165) is 4.91 Å². The Balaban J connectivity index is 2.64. The van der Waals surface area contributed by atoms with E-state index in [9.17, 15) is 9.00 Å². The summed E-state index contributed by atoms with van der Waals surface area (Å²) in [5.41, 5.74) is 0. The number of ether oxygens (including phenoxy) is 1. The number of cyclic esters (lactones) is 1. The molecule has 1 aliphatic heterocycles. The van der Waals surface area contributed by atoms with Gasteiger partial charge in [-0.1, -0.05) is 64.1 Å². The van der Waals surface area contributed by atoms with Crippen LogP contribution in [0.2, 0.25) is 0 Å². The molecule has 1 aromatic carbocycles. The lowest BCUT2D eigenvalue weighted by molar-refractivity contribution is -0.154. The molecule has 0 N–H and O–H groups in total. The van der Waals surface area contributed by atoms with Crippen molar-refractivity contribution in [2.45, 2.75) is 58.0 Å². The first-order valence-corrected chi connectivity index (χ1v) is 11.6. The molecule has 5 heteroatoms. The number of esters is 1. The van der Waals surface area contributed by atoms with Crippen LogP contribution in [0, 0.1) is 17.8 Å². The Labute approximate surface area is 170 Å². The van der Waals surface area contributed by atoms with E-state index in [4.69, 9.17) is 4.74 Å². The Morgan fingerprint density at radius 2 is 1.75 bits per heavy atom. The van der Waals surface area contributed by atoms with E-state index in [0.29, 0.717) is 24.2 Å². The minimum absolute atomic E-state index is 0.0308. The molecule has 0 bridgehead atoms. The van der Waals surface area contributed by atoms with Crippen molar-refractivity contribution in [1.82, 2.24) is 0 Å². The van der Waals surface area contributed by atoms with E-state index >= 15 is 0 Å². The van der Waals surface area contributed by atoms with Gasteiger partial charge in [-0.15, -0.1) is 0 Å². The normalized spacial score (nSPS) is 26.5. The zero-order valence-corrected chi connectivity index (χ0v) is 18.4. The van der Waals surface area contributed by atoms with Crippen molar-refractivity contribution < 1.29 is 13.7 Å². The van der Waals surface area contributed by atoms with Gasteiger partial charge in [0, 0.05) is 24.3 Å². The van der Waals surface area contributed by atoms with Gasteiger partial charge < -0.3 is 4.74 Å². The fourth-order valence-electron chi connectivity index (χ4n) is 3.52. The van der Waals surface area contributed by atoms with Crippen molar-refractivity contribution in [2.24, 2.45) is 22.1 Å². The van der Waals surface area contributed by atoms with Gasteiger partial charge >= 0.3 is 5.97 Å². The highest BCUT2D eigenvalue weighted by molar-refractivity contribution is 7.97. The van der Waals surface area contributed by atoms with Gasteiger partial charge in [0.15, 0.2) is 0 Å². The van der Waals surface area contributed by atoms with E-state index < -0.39 is 9.73 Å². The lowest BCUT2D eigenvalue weighted by Gasteiger charge is -2.31. The summed E-state index contributed by atoms with van der Waals surface area (Å²) in [6.07, 6.45) is 7.33. The maximum Gasteiger partial charge on any atom is 0.306 e. The van der Waals surface area contributed by atoms with Crippen LogP contribution in [0.25, 0.3) is 0 Å². The number of carbonyl (C=O) groups is 1. The predicted molar refractivity (Wildman–Crippen MR) is 115 cm³/mol. The molecule has 4 nitrogen and oxygen atoms in total. The first kappa shape index (κ1) is 22.4. The smallest absolute Gasteiger partial charge is 0.306 e. The predicted octanol–water partition coefficient (Wildman–Crippen LogP) is 5.61. The standard InChI is InChI=1S/C23H33NO3S/c1-17(2)21-16-20(28(26,24-5)19-12-8-6-9-13-19)14-10-7-11-15-22(25)27-23(21)18(3)4/h6-10,12-13,16-18,21,23H,11,14-15H2,1-5H3/b10-7-,20-16+/t21-,23-,28+/m0/s1. The quantitative estimate of drug-likeness (QED) is 0.485. The Bertz CT molecular complexity index is 831. The highest BCUT2D eigenvalue weighted by Crippen LogP contribution is 2.32. The number of nitrogens with zero attached hydrogens (tertiary/aromatic N) is 1. The number of hydrogen-bond donors (Lipinski definition) is 0. The third-order valence-corrected chi connectivity index (χ3v) is 7.57. The summed E-state index contributed by atoms with van der Waals surface area (Å²) >= 11 is 0. The molecule has 0 spiro atoms. The minimum Gasteiger partial charge on any atom is -0.461 e. The van der Waals surface area contributed by atoms with Crippen LogP contribution in [0.15, 0.2) is 62.7 Å². The molecule has 1 aliphatic rings. The van der Waals surface area contributed by atoms with Gasteiger partial charge in [0.25, 0.3) is 0 Å². The fraction of sp³-hybridized carbons (Fsp3) is 0.522. The van der Waals surface area contributed by atoms with Crippen molar-refractivity contribution in [3.63, 3.8) is 0 Å². The van der Waals surface area contributed by atoms with Crippen molar-refractivity contribution in [2.75, 3.05) is 7.05 Å². The van der Waals surface area contributed by atoms with Crippen LogP contribution in [0.1, 0.15) is 47.0 Å². The zero-order valence-electron chi connectivity index (χ0n) is 17.6. The van der Waals surface area contributed by atoms with Crippen molar-refractivity contribution in [3.8, 4) is 0 Å². The zero-order chi connectivity index (χ0) is 20.7. The van der Waals surface area contributed by atoms with Crippen molar-refractivity contribution >= 4 is 15.7 Å². The molecule has 1 aromatic rings. The number of rotatable bonds is 4. The molecular formula is C23H33NO3S. The molecule has 0 fully saturated rings. The molecule has 154 valence electrons. The van der Waals surface area contributed by atoms with Crippen LogP contribution < -0.4 is 0 Å². The van der Waals surface area contributed by atoms with Gasteiger partial charge in [0.2, 0.25) is 0 Å². The molecule has 0 amide bonds. The second-order valence-electron chi connectivity index (χ2n) is 7.89. The van der Waals surface area contributed by atoms with Gasteiger partial charge in [-0.25, -0.2) is 8.57 Å². The van der Waals surface area contributed by atoms with E-state index in [1.165, 1.54) is 0 Å². The van der Waals surface area contributed by atoms with Crippen LogP contribution in [-0.2, 0) is 19.3 Å². The summed E-state index contributed by atoms with van der Waals surface area (Å²) in [5.74, 6) is 0.191. The van der Waals surface area contributed by atoms with E-state index in [1.54, 1.807) is 7.05 Å². The minimum atomic E-state index is -2.72. The molecule has 3 atom stereocenters. The van der Waals surface area contributed by atoms with E-state index in [-0.39, 0.29) is 29.8 Å². The third-order valence-electron chi connectivity index (χ3n) is 5.13. The molecular weight excluding hydrogens is 370 g/mol. The monoisotopic (exact) mass is 403 g/mol. The van der Waals surface area contributed by atoms with Gasteiger partial charge in [0.1, 0.15) is 6.10 Å². The van der Waals surface area contributed by atoms with Crippen molar-refractivity contribution in [1.29, 1.82) is 0 Å². The number of allylic oxidation sites excluding steroid dienone is 3. The summed E-state index contributed by atoms with van der Waals surface area (Å²) in [6, 6.07) is 9.43. The van der Waals surface area contributed by atoms with Crippen LogP contribution in [0.5, 0.6) is 0 Å². The van der Waals surface area contributed by atoms with E-state index in [1.807, 2.05) is 42.5 Å². The summed E-state index contributed by atoms with van der Waals surface area (Å²) < 4.78 is 24.2. The van der Waals surface area contributed by atoms with Crippen LogP contribution in [-0.4, -0.2) is 23.3 Å². The fourth-order valence-corrected chi connectivity index (χ4v) is 5.46. The lowest BCUT2D eigenvalue weighted by Crippen LogP contribution is -2.34. The number of carbonyl (C=O) groups excluding carboxylic acids is 1. The number of benzene rings is 1. The average molecular weight is 404 g/mol. The first-order chi connectivity index (χ1) is 13.3. The third kappa shape index (κ3) is 5.34. The molecule has 0 aliphatic carbocycles. The van der Waals surface area contributed by atoms with Gasteiger partial charge in [-0.05, 0) is 36.8 Å². The maximum absolute atomic E-state index is 14.0. The molecule has 0 saturated carbocycles. The molecule has 0 unspecified atom stereocenters. The van der Waals surface area contributed by atoms with Crippen LogP contribution in [0.4, 0.5) is 0 Å². The largest absolute Gasteiger partial charge is 0.461 e. The van der Waals surface area contributed by atoms with Crippen LogP contribution >= 0.6 is 0 Å². The average Bonchev–Trinajstić information content (AvgIpc) is 2.71. The molecule has 0 saturated heterocycles. The summed E-state index contributed by atoms with van der Waals surface area (Å²) in [6.45, 7) is 8.37. The Morgan fingerprint density at radius 1 is 1.07 bits per heavy atom. The Hall–Kier alpha value is -1.88. The lowest BCUT2D eigenvalue weighted by atomic mass is 9.84. The Morgan fingerprint density at radius 3 is 2.32 bits per heavy atom. The van der Waals surface area contributed by atoms with Gasteiger partial charge in [-0.2, -0.15) is 0 Å². The van der Waals surface area contributed by atoms with Crippen LogP contribution in [0.3, 0.4) is 0 Å². The summed E-state index contributed by atoms with van der Waals surface area (Å²) in [5, 5.41) is 0. The molecule has 28 heavy (non-hydrogen) atoms. The van der Waals surface area contributed by atoms with E-state index in [2.05, 4.69) is 38.1 Å². The molecule has 0 radical (unpaired) electrons. The Kier molecular flexibility index (Phi) is 8.05. The summed E-state index contributed by atoms with van der Waals surface area (Å²) in [4.78, 5) is 13.8. The van der Waals surface area contributed by atoms with Gasteiger partial charge in [-0.3, -0.25) is 4.79 Å². The SMILES string of the molecule is CN=[S@](=O)(/C1=C/[C@@H](C(C)C)[C@H](C(C)C)OC(=O)CC/C=C\C1)c1ccccc1.